The maximum atomic E-state index is 12.7. The Morgan fingerprint density at radius 2 is 2.00 bits per heavy atom. The Kier molecular flexibility index (Phi) is 4.68. The Bertz CT molecular complexity index is 488. The van der Waals surface area contributed by atoms with Crippen molar-refractivity contribution < 1.29 is 23.8 Å². The van der Waals surface area contributed by atoms with Gasteiger partial charge < -0.3 is 15.2 Å². The second-order valence-corrected chi connectivity index (χ2v) is 4.77. The van der Waals surface area contributed by atoms with E-state index in [1.807, 2.05) is 0 Å². The van der Waals surface area contributed by atoms with Gasteiger partial charge in [-0.3, -0.25) is 4.79 Å². The molecule has 0 spiro atoms. The Labute approximate surface area is 115 Å². The zero-order valence-corrected chi connectivity index (χ0v) is 10.8. The fourth-order valence-corrected chi connectivity index (χ4v) is 2.12. The summed E-state index contributed by atoms with van der Waals surface area (Å²) in [6, 6.07) is 5.73. The van der Waals surface area contributed by atoms with Crippen LogP contribution in [0.5, 0.6) is 0 Å². The largest absolute Gasteiger partial charge is 0.479 e. The SMILES string of the molecule is O=C(Cc1ccc(F)cc1)NCC1CCC(C(=O)O)O1. The van der Waals surface area contributed by atoms with E-state index in [0.29, 0.717) is 19.4 Å². The third-order valence-electron chi connectivity index (χ3n) is 3.19. The number of hydrogen-bond donors (Lipinski definition) is 2. The number of aliphatic carboxylic acids is 1. The van der Waals surface area contributed by atoms with Gasteiger partial charge in [0.2, 0.25) is 5.91 Å². The molecule has 20 heavy (non-hydrogen) atoms. The van der Waals surface area contributed by atoms with Gasteiger partial charge in [-0.05, 0) is 30.5 Å². The second-order valence-electron chi connectivity index (χ2n) is 4.77. The van der Waals surface area contributed by atoms with Crippen LogP contribution in [0.1, 0.15) is 18.4 Å². The summed E-state index contributed by atoms with van der Waals surface area (Å²) < 4.78 is 18.0. The summed E-state index contributed by atoms with van der Waals surface area (Å²) in [4.78, 5) is 22.4. The van der Waals surface area contributed by atoms with Crippen LogP contribution in [0, 0.1) is 5.82 Å². The van der Waals surface area contributed by atoms with E-state index in [2.05, 4.69) is 5.32 Å². The average molecular weight is 281 g/mol. The first-order valence-electron chi connectivity index (χ1n) is 6.44. The molecule has 1 fully saturated rings. The number of carboxylic acids is 1. The average Bonchev–Trinajstić information content (AvgIpc) is 2.88. The lowest BCUT2D eigenvalue weighted by atomic mass is 10.1. The van der Waals surface area contributed by atoms with E-state index in [1.54, 1.807) is 12.1 Å². The molecule has 2 atom stereocenters. The predicted octanol–water partition coefficient (Wildman–Crippen LogP) is 1.12. The molecule has 2 N–H and O–H groups in total. The van der Waals surface area contributed by atoms with E-state index in [1.165, 1.54) is 12.1 Å². The maximum absolute atomic E-state index is 12.7. The van der Waals surface area contributed by atoms with Gasteiger partial charge in [-0.2, -0.15) is 0 Å². The number of ether oxygens (including phenoxy) is 1. The molecule has 1 amide bonds. The van der Waals surface area contributed by atoms with E-state index < -0.39 is 12.1 Å². The molecule has 1 saturated heterocycles. The molecule has 1 aliphatic rings. The van der Waals surface area contributed by atoms with Crippen molar-refractivity contribution in [3.8, 4) is 0 Å². The molecule has 0 aliphatic carbocycles. The molecule has 0 bridgehead atoms. The van der Waals surface area contributed by atoms with Gasteiger partial charge in [0.25, 0.3) is 0 Å². The van der Waals surface area contributed by atoms with Crippen molar-refractivity contribution in [3.63, 3.8) is 0 Å². The van der Waals surface area contributed by atoms with E-state index >= 15 is 0 Å². The molecule has 5 nitrogen and oxygen atoms in total. The maximum Gasteiger partial charge on any atom is 0.332 e. The van der Waals surface area contributed by atoms with E-state index in [9.17, 15) is 14.0 Å². The monoisotopic (exact) mass is 281 g/mol. The van der Waals surface area contributed by atoms with Crippen molar-refractivity contribution in [2.24, 2.45) is 0 Å². The molecule has 0 radical (unpaired) electrons. The summed E-state index contributed by atoms with van der Waals surface area (Å²) >= 11 is 0. The Morgan fingerprint density at radius 3 is 2.60 bits per heavy atom. The van der Waals surface area contributed by atoms with Gasteiger partial charge in [0.1, 0.15) is 5.82 Å². The minimum Gasteiger partial charge on any atom is -0.479 e. The number of carbonyl (C=O) groups excluding carboxylic acids is 1. The normalized spacial score (nSPS) is 21.6. The molecule has 0 saturated carbocycles. The first kappa shape index (κ1) is 14.5. The van der Waals surface area contributed by atoms with Crippen molar-refractivity contribution in [1.82, 2.24) is 5.32 Å². The molecule has 1 aromatic rings. The summed E-state index contributed by atoms with van der Waals surface area (Å²) in [7, 11) is 0. The highest BCUT2D eigenvalue weighted by atomic mass is 19.1. The number of carbonyl (C=O) groups is 2. The highest BCUT2D eigenvalue weighted by Gasteiger charge is 2.30. The molecule has 2 unspecified atom stereocenters. The van der Waals surface area contributed by atoms with Gasteiger partial charge in [0, 0.05) is 6.54 Å². The van der Waals surface area contributed by atoms with Crippen LogP contribution in [-0.4, -0.2) is 35.7 Å². The molecule has 1 aliphatic heterocycles. The third-order valence-corrected chi connectivity index (χ3v) is 3.19. The molecule has 108 valence electrons. The van der Waals surface area contributed by atoms with Crippen molar-refractivity contribution in [2.45, 2.75) is 31.5 Å². The van der Waals surface area contributed by atoms with Crippen LogP contribution >= 0.6 is 0 Å². The predicted molar refractivity (Wildman–Crippen MR) is 68.6 cm³/mol. The highest BCUT2D eigenvalue weighted by molar-refractivity contribution is 5.78. The first-order valence-corrected chi connectivity index (χ1v) is 6.44. The van der Waals surface area contributed by atoms with Crippen LogP contribution in [0.15, 0.2) is 24.3 Å². The fraction of sp³-hybridized carbons (Fsp3) is 0.429. The topological polar surface area (TPSA) is 75.6 Å². The summed E-state index contributed by atoms with van der Waals surface area (Å²) in [5, 5.41) is 11.5. The van der Waals surface area contributed by atoms with Crippen molar-refractivity contribution in [2.75, 3.05) is 6.54 Å². The van der Waals surface area contributed by atoms with E-state index in [-0.39, 0.29) is 24.2 Å². The first-order chi connectivity index (χ1) is 9.54. The number of nitrogens with one attached hydrogen (secondary N) is 1. The summed E-state index contributed by atoms with van der Waals surface area (Å²) in [6.45, 7) is 0.295. The van der Waals surface area contributed by atoms with Crippen LogP contribution < -0.4 is 5.32 Å². The number of halogens is 1. The van der Waals surface area contributed by atoms with Gasteiger partial charge in [-0.25, -0.2) is 9.18 Å². The zero-order valence-electron chi connectivity index (χ0n) is 10.8. The Hall–Kier alpha value is -1.95. The van der Waals surface area contributed by atoms with Gasteiger partial charge in [0.05, 0.1) is 12.5 Å². The molecule has 0 aromatic heterocycles. The number of rotatable bonds is 5. The summed E-state index contributed by atoms with van der Waals surface area (Å²) in [5.74, 6) is -1.50. The lowest BCUT2D eigenvalue weighted by Crippen LogP contribution is -2.34. The van der Waals surface area contributed by atoms with Crippen LogP contribution in [0.2, 0.25) is 0 Å². The molecular formula is C14H16FNO4. The lowest BCUT2D eigenvalue weighted by Gasteiger charge is -2.12. The number of carboxylic acid groups (broad SMARTS) is 1. The third kappa shape index (κ3) is 4.03. The van der Waals surface area contributed by atoms with Gasteiger partial charge in [-0.15, -0.1) is 0 Å². The molecule has 2 rings (SSSR count). The van der Waals surface area contributed by atoms with Gasteiger partial charge in [-0.1, -0.05) is 12.1 Å². The minimum absolute atomic E-state index is 0.162. The van der Waals surface area contributed by atoms with Crippen LogP contribution in [-0.2, 0) is 20.7 Å². The Balaban J connectivity index is 1.73. The lowest BCUT2D eigenvalue weighted by molar-refractivity contribution is -0.149. The number of hydrogen-bond acceptors (Lipinski definition) is 3. The molecule has 1 heterocycles. The van der Waals surface area contributed by atoms with Gasteiger partial charge >= 0.3 is 5.97 Å². The number of benzene rings is 1. The molecular weight excluding hydrogens is 265 g/mol. The van der Waals surface area contributed by atoms with Crippen LogP contribution in [0.3, 0.4) is 0 Å². The summed E-state index contributed by atoms with van der Waals surface area (Å²) in [6.07, 6.45) is 0.221. The summed E-state index contributed by atoms with van der Waals surface area (Å²) in [5.41, 5.74) is 0.722. The van der Waals surface area contributed by atoms with E-state index in [0.717, 1.165) is 5.56 Å². The minimum atomic E-state index is -0.967. The standard InChI is InChI=1S/C14H16FNO4/c15-10-3-1-9(2-4-10)7-13(17)16-8-11-5-6-12(20-11)14(18)19/h1-4,11-12H,5-8H2,(H,16,17)(H,18,19). The van der Waals surface area contributed by atoms with Crippen molar-refractivity contribution in [1.29, 1.82) is 0 Å². The van der Waals surface area contributed by atoms with Crippen LogP contribution in [0.25, 0.3) is 0 Å². The van der Waals surface area contributed by atoms with Crippen molar-refractivity contribution >= 4 is 11.9 Å². The molecule has 6 heteroatoms. The highest BCUT2D eigenvalue weighted by Crippen LogP contribution is 2.19. The second kappa shape index (κ2) is 6.47. The smallest absolute Gasteiger partial charge is 0.332 e. The van der Waals surface area contributed by atoms with Crippen molar-refractivity contribution in [3.05, 3.63) is 35.6 Å². The fourth-order valence-electron chi connectivity index (χ4n) is 2.12. The van der Waals surface area contributed by atoms with E-state index in [4.69, 9.17) is 9.84 Å². The Morgan fingerprint density at radius 1 is 1.30 bits per heavy atom. The molecule has 1 aromatic carbocycles. The van der Waals surface area contributed by atoms with Gasteiger partial charge in [0.15, 0.2) is 6.10 Å². The quantitative estimate of drug-likeness (QED) is 0.848. The zero-order chi connectivity index (χ0) is 14.5. The number of amides is 1. The van der Waals surface area contributed by atoms with Crippen LogP contribution in [0.4, 0.5) is 4.39 Å².